The van der Waals surface area contributed by atoms with Crippen LogP contribution in [0.4, 0.5) is 0 Å². The van der Waals surface area contributed by atoms with Gasteiger partial charge in [0.1, 0.15) is 11.3 Å². The summed E-state index contributed by atoms with van der Waals surface area (Å²) < 4.78 is 7.86. The van der Waals surface area contributed by atoms with Crippen molar-refractivity contribution in [1.82, 2.24) is 14.5 Å². The lowest BCUT2D eigenvalue weighted by Gasteiger charge is -2.20. The highest BCUT2D eigenvalue weighted by Crippen LogP contribution is 2.33. The first kappa shape index (κ1) is 12.9. The van der Waals surface area contributed by atoms with Crippen LogP contribution >= 0.6 is 11.6 Å². The van der Waals surface area contributed by atoms with Crippen molar-refractivity contribution in [2.24, 2.45) is 0 Å². The number of fused-ring (bicyclic) bond motifs is 1. The molecule has 1 fully saturated rings. The minimum absolute atomic E-state index is 0.137. The van der Waals surface area contributed by atoms with E-state index >= 15 is 0 Å². The van der Waals surface area contributed by atoms with E-state index in [0.717, 1.165) is 35.7 Å². The third kappa shape index (κ3) is 2.13. The average molecular weight is 280 g/mol. The number of halogens is 1. The summed E-state index contributed by atoms with van der Waals surface area (Å²) in [6, 6.07) is 4.27. The van der Waals surface area contributed by atoms with E-state index in [1.807, 2.05) is 26.0 Å². The quantitative estimate of drug-likeness (QED) is 0.791. The number of ether oxygens (including phenoxy) is 1. The third-order valence-electron chi connectivity index (χ3n) is 3.73. The topological polar surface area (TPSA) is 39.9 Å². The number of rotatable bonds is 2. The molecule has 2 aromatic heterocycles. The molecule has 0 bridgehead atoms. The normalized spacial score (nSPS) is 25.1. The summed E-state index contributed by atoms with van der Waals surface area (Å²) in [6.07, 6.45) is 1.16. The van der Waals surface area contributed by atoms with E-state index in [-0.39, 0.29) is 17.5 Å². The van der Waals surface area contributed by atoms with Crippen molar-refractivity contribution < 1.29 is 4.74 Å². The van der Waals surface area contributed by atoms with E-state index in [0.29, 0.717) is 0 Å². The fourth-order valence-corrected chi connectivity index (χ4v) is 2.91. The van der Waals surface area contributed by atoms with Crippen LogP contribution in [0.1, 0.15) is 43.2 Å². The molecule has 0 radical (unpaired) electrons. The summed E-state index contributed by atoms with van der Waals surface area (Å²) in [6.45, 7) is 6.83. The Morgan fingerprint density at radius 3 is 2.84 bits per heavy atom. The molecule has 5 heteroatoms. The number of aryl methyl sites for hydroxylation is 1. The molecule has 19 heavy (non-hydrogen) atoms. The van der Waals surface area contributed by atoms with Gasteiger partial charge in [-0.15, -0.1) is 11.6 Å². The number of pyridine rings is 1. The van der Waals surface area contributed by atoms with E-state index in [2.05, 4.69) is 21.5 Å². The van der Waals surface area contributed by atoms with Crippen LogP contribution in [0.3, 0.4) is 0 Å². The monoisotopic (exact) mass is 279 g/mol. The summed E-state index contributed by atoms with van der Waals surface area (Å²) in [5.41, 5.74) is 2.83. The van der Waals surface area contributed by atoms with Crippen molar-refractivity contribution in [3.05, 3.63) is 23.7 Å². The summed E-state index contributed by atoms with van der Waals surface area (Å²) in [5, 5.41) is -0.137. The average Bonchev–Trinajstić information content (AvgIpc) is 2.92. The Morgan fingerprint density at radius 1 is 1.42 bits per heavy atom. The van der Waals surface area contributed by atoms with Crippen molar-refractivity contribution in [3.8, 4) is 0 Å². The van der Waals surface area contributed by atoms with Gasteiger partial charge < -0.3 is 9.30 Å². The maximum Gasteiger partial charge on any atom is 0.160 e. The van der Waals surface area contributed by atoms with Gasteiger partial charge in [0.2, 0.25) is 0 Å². The smallest absolute Gasteiger partial charge is 0.160 e. The first-order chi connectivity index (χ1) is 9.08. The van der Waals surface area contributed by atoms with Crippen LogP contribution in [-0.2, 0) is 4.74 Å². The minimum Gasteiger partial charge on any atom is -0.376 e. The highest BCUT2D eigenvalue weighted by atomic mass is 35.5. The number of imidazole rings is 1. The van der Waals surface area contributed by atoms with Gasteiger partial charge in [-0.25, -0.2) is 9.97 Å². The maximum absolute atomic E-state index is 6.29. The lowest BCUT2D eigenvalue weighted by Crippen LogP contribution is -2.19. The second-order valence-corrected chi connectivity index (χ2v) is 5.84. The van der Waals surface area contributed by atoms with E-state index < -0.39 is 0 Å². The molecule has 3 rings (SSSR count). The molecular weight excluding hydrogens is 262 g/mol. The van der Waals surface area contributed by atoms with Crippen molar-refractivity contribution >= 4 is 22.8 Å². The lowest BCUT2D eigenvalue weighted by molar-refractivity contribution is 0.108. The fourth-order valence-electron chi connectivity index (χ4n) is 2.75. The Balaban J connectivity index is 2.23. The molecular formula is C14H18ClN3O. The number of nitrogens with zero attached hydrogens (tertiary/aromatic N) is 3. The summed E-state index contributed by atoms with van der Waals surface area (Å²) in [7, 11) is 0. The molecule has 0 amide bonds. The van der Waals surface area contributed by atoms with Gasteiger partial charge in [0, 0.05) is 12.3 Å². The van der Waals surface area contributed by atoms with Gasteiger partial charge >= 0.3 is 0 Å². The second kappa shape index (κ2) is 4.76. The first-order valence-corrected chi connectivity index (χ1v) is 7.12. The summed E-state index contributed by atoms with van der Waals surface area (Å²) in [5.74, 6) is 0.886. The van der Waals surface area contributed by atoms with Crippen molar-refractivity contribution in [1.29, 1.82) is 0 Å². The van der Waals surface area contributed by atoms with E-state index in [1.54, 1.807) is 0 Å². The predicted molar refractivity (Wildman–Crippen MR) is 75.6 cm³/mol. The maximum atomic E-state index is 6.29. The highest BCUT2D eigenvalue weighted by molar-refractivity contribution is 6.20. The zero-order valence-corrected chi connectivity index (χ0v) is 12.2. The number of alkyl halides is 1. The van der Waals surface area contributed by atoms with Crippen molar-refractivity contribution in [2.45, 2.75) is 44.7 Å². The van der Waals surface area contributed by atoms with Gasteiger partial charge in [-0.05, 0) is 39.3 Å². The molecule has 0 spiro atoms. The molecule has 0 saturated carbocycles. The number of hydrogen-bond donors (Lipinski definition) is 0. The van der Waals surface area contributed by atoms with Crippen LogP contribution in [-0.4, -0.2) is 27.2 Å². The van der Waals surface area contributed by atoms with Gasteiger partial charge in [0.05, 0.1) is 17.5 Å². The molecule has 102 valence electrons. The number of aromatic nitrogens is 3. The second-order valence-electron chi connectivity index (χ2n) is 5.18. The molecule has 2 aromatic rings. The molecule has 1 aliphatic heterocycles. The molecule has 1 saturated heterocycles. The van der Waals surface area contributed by atoms with Crippen molar-refractivity contribution in [2.75, 3.05) is 6.61 Å². The van der Waals surface area contributed by atoms with Crippen LogP contribution in [0.5, 0.6) is 0 Å². The van der Waals surface area contributed by atoms with Gasteiger partial charge in [0.25, 0.3) is 0 Å². The van der Waals surface area contributed by atoms with Gasteiger partial charge in [0.15, 0.2) is 5.65 Å². The zero-order valence-electron chi connectivity index (χ0n) is 11.4. The minimum atomic E-state index is -0.137. The fraction of sp³-hybridized carbons (Fsp3) is 0.571. The van der Waals surface area contributed by atoms with E-state index in [1.165, 1.54) is 0 Å². The highest BCUT2D eigenvalue weighted by Gasteiger charge is 2.30. The van der Waals surface area contributed by atoms with Gasteiger partial charge in [-0.1, -0.05) is 0 Å². The van der Waals surface area contributed by atoms with Crippen LogP contribution in [0.2, 0.25) is 0 Å². The van der Waals surface area contributed by atoms with E-state index in [9.17, 15) is 0 Å². The van der Waals surface area contributed by atoms with Crippen LogP contribution in [0.15, 0.2) is 12.1 Å². The van der Waals surface area contributed by atoms with Gasteiger partial charge in [-0.2, -0.15) is 0 Å². The number of hydrogen-bond acceptors (Lipinski definition) is 3. The molecule has 4 nitrogen and oxygen atoms in total. The van der Waals surface area contributed by atoms with Crippen LogP contribution < -0.4 is 0 Å². The molecule has 3 heterocycles. The SMILES string of the molecule is Cc1ccc2nc(C(C)Cl)n(C3CCOC3C)c2n1. The van der Waals surface area contributed by atoms with Crippen LogP contribution in [0, 0.1) is 6.92 Å². The molecule has 0 aromatic carbocycles. The Bertz CT molecular complexity index is 608. The Kier molecular flexibility index (Phi) is 3.23. The molecule has 1 aliphatic rings. The van der Waals surface area contributed by atoms with Crippen LogP contribution in [0.25, 0.3) is 11.2 Å². The lowest BCUT2D eigenvalue weighted by atomic mass is 10.1. The standard InChI is InChI=1S/C14H18ClN3O/c1-8-4-5-11-14(16-8)18(13(17-11)9(2)15)12-6-7-19-10(12)3/h4-5,9-10,12H,6-7H2,1-3H3. The molecule has 0 aliphatic carbocycles. The largest absolute Gasteiger partial charge is 0.376 e. The van der Waals surface area contributed by atoms with Gasteiger partial charge in [-0.3, -0.25) is 0 Å². The predicted octanol–water partition coefficient (Wildman–Crippen LogP) is 3.39. The summed E-state index contributed by atoms with van der Waals surface area (Å²) in [4.78, 5) is 9.29. The molecule has 3 unspecified atom stereocenters. The summed E-state index contributed by atoms with van der Waals surface area (Å²) >= 11 is 6.29. The Labute approximate surface area is 117 Å². The van der Waals surface area contributed by atoms with Crippen molar-refractivity contribution in [3.63, 3.8) is 0 Å². The Hall–Kier alpha value is -1.13. The Morgan fingerprint density at radius 2 is 2.21 bits per heavy atom. The first-order valence-electron chi connectivity index (χ1n) is 6.69. The third-order valence-corrected chi connectivity index (χ3v) is 3.92. The zero-order chi connectivity index (χ0) is 13.6. The molecule has 0 N–H and O–H groups in total. The molecule has 3 atom stereocenters. The van der Waals surface area contributed by atoms with E-state index in [4.69, 9.17) is 16.3 Å².